The largest absolute Gasteiger partial charge is 0.309 e. The highest BCUT2D eigenvalue weighted by molar-refractivity contribution is 7.12. The predicted octanol–water partition coefficient (Wildman–Crippen LogP) is 4.92. The molecule has 2 rings (SSSR count). The first-order valence-electron chi connectivity index (χ1n) is 7.45. The van der Waals surface area contributed by atoms with Crippen LogP contribution in [0.3, 0.4) is 0 Å². The van der Waals surface area contributed by atoms with E-state index in [1.807, 2.05) is 11.3 Å². The highest BCUT2D eigenvalue weighted by Crippen LogP contribution is 2.30. The molecular weight excluding hydrogens is 238 g/mol. The highest BCUT2D eigenvalue weighted by atomic mass is 32.1. The molecule has 0 radical (unpaired) electrons. The van der Waals surface area contributed by atoms with Crippen LogP contribution in [-0.4, -0.2) is 6.54 Å². The first kappa shape index (κ1) is 14.1. The third-order valence-electron chi connectivity index (χ3n) is 4.24. The summed E-state index contributed by atoms with van der Waals surface area (Å²) in [6, 6.07) is 5.01. The van der Waals surface area contributed by atoms with E-state index in [4.69, 9.17) is 0 Å². The van der Waals surface area contributed by atoms with Gasteiger partial charge in [-0.1, -0.05) is 26.2 Å². The average Bonchev–Trinajstić information content (AvgIpc) is 2.76. The molecule has 1 aromatic rings. The number of thiophene rings is 1. The van der Waals surface area contributed by atoms with Gasteiger partial charge in [-0.15, -0.1) is 11.3 Å². The van der Waals surface area contributed by atoms with E-state index in [0.29, 0.717) is 6.04 Å². The molecule has 0 amide bonds. The van der Waals surface area contributed by atoms with Crippen LogP contribution in [0.1, 0.15) is 61.7 Å². The predicted molar refractivity (Wildman–Crippen MR) is 81.2 cm³/mol. The normalized spacial score (nSPS) is 26.2. The van der Waals surface area contributed by atoms with Gasteiger partial charge in [0.25, 0.3) is 0 Å². The second kappa shape index (κ2) is 6.72. The maximum Gasteiger partial charge on any atom is 0.0386 e. The third-order valence-corrected chi connectivity index (χ3v) is 5.42. The van der Waals surface area contributed by atoms with Gasteiger partial charge in [0, 0.05) is 15.8 Å². The van der Waals surface area contributed by atoms with Crippen molar-refractivity contribution >= 4 is 11.3 Å². The van der Waals surface area contributed by atoms with Gasteiger partial charge in [0.1, 0.15) is 0 Å². The summed E-state index contributed by atoms with van der Waals surface area (Å²) in [5, 5.41) is 3.68. The monoisotopic (exact) mass is 265 g/mol. The molecule has 1 aliphatic rings. The van der Waals surface area contributed by atoms with E-state index in [1.165, 1.54) is 48.4 Å². The van der Waals surface area contributed by atoms with Gasteiger partial charge in [-0.3, -0.25) is 0 Å². The first-order chi connectivity index (χ1) is 8.65. The molecular formula is C16H27NS. The summed E-state index contributed by atoms with van der Waals surface area (Å²) in [5.41, 5.74) is 0. The summed E-state index contributed by atoms with van der Waals surface area (Å²) in [7, 11) is 0. The van der Waals surface area contributed by atoms with Crippen molar-refractivity contribution in [3.63, 3.8) is 0 Å². The Balaban J connectivity index is 1.68. The zero-order valence-corrected chi connectivity index (χ0v) is 12.9. The van der Waals surface area contributed by atoms with E-state index in [2.05, 4.69) is 38.2 Å². The quantitative estimate of drug-likeness (QED) is 0.796. The van der Waals surface area contributed by atoms with Crippen LogP contribution in [0.5, 0.6) is 0 Å². The lowest BCUT2D eigenvalue weighted by Gasteiger charge is -2.27. The maximum absolute atomic E-state index is 3.68. The summed E-state index contributed by atoms with van der Waals surface area (Å²) in [6.07, 6.45) is 7.17. The van der Waals surface area contributed by atoms with Gasteiger partial charge in [-0.25, -0.2) is 0 Å². The standard InChI is InChI=1S/C16H27NS/c1-12-5-4-6-15(11-12)9-10-17-14(3)16-8-7-13(2)18-16/h7-8,12,14-15,17H,4-6,9-11H2,1-3H3. The molecule has 1 N–H and O–H groups in total. The van der Waals surface area contributed by atoms with Crippen molar-refractivity contribution in [2.75, 3.05) is 6.54 Å². The summed E-state index contributed by atoms with van der Waals surface area (Å²) in [5.74, 6) is 1.93. The smallest absolute Gasteiger partial charge is 0.0386 e. The molecule has 1 aliphatic carbocycles. The molecule has 0 saturated heterocycles. The topological polar surface area (TPSA) is 12.0 Å². The van der Waals surface area contributed by atoms with Gasteiger partial charge >= 0.3 is 0 Å². The minimum absolute atomic E-state index is 0.518. The van der Waals surface area contributed by atoms with Crippen LogP contribution in [0.15, 0.2) is 12.1 Å². The van der Waals surface area contributed by atoms with Crippen LogP contribution >= 0.6 is 11.3 Å². The molecule has 3 atom stereocenters. The fourth-order valence-electron chi connectivity index (χ4n) is 3.11. The molecule has 1 heterocycles. The van der Waals surface area contributed by atoms with E-state index in [0.717, 1.165) is 11.8 Å². The third kappa shape index (κ3) is 4.10. The Hall–Kier alpha value is -0.340. The van der Waals surface area contributed by atoms with Crippen molar-refractivity contribution in [3.8, 4) is 0 Å². The molecule has 0 spiro atoms. The summed E-state index contributed by atoms with van der Waals surface area (Å²) >= 11 is 1.92. The SMILES string of the molecule is Cc1ccc(C(C)NCCC2CCCC(C)C2)s1. The Bertz CT molecular complexity index is 358. The molecule has 1 aromatic heterocycles. The number of hydrogen-bond donors (Lipinski definition) is 1. The average molecular weight is 265 g/mol. The molecule has 2 heteroatoms. The van der Waals surface area contributed by atoms with Gasteiger partial charge in [-0.05, 0) is 57.2 Å². The van der Waals surface area contributed by atoms with E-state index < -0.39 is 0 Å². The number of hydrogen-bond acceptors (Lipinski definition) is 2. The molecule has 1 saturated carbocycles. The molecule has 0 aliphatic heterocycles. The lowest BCUT2D eigenvalue weighted by atomic mass is 9.81. The van der Waals surface area contributed by atoms with Crippen LogP contribution in [0.2, 0.25) is 0 Å². The molecule has 3 unspecified atom stereocenters. The number of aryl methyl sites for hydroxylation is 1. The van der Waals surface area contributed by atoms with Gasteiger partial charge in [0.05, 0.1) is 0 Å². The number of rotatable bonds is 5. The minimum atomic E-state index is 0.518. The van der Waals surface area contributed by atoms with Gasteiger partial charge in [0.15, 0.2) is 0 Å². The van der Waals surface area contributed by atoms with Crippen molar-refractivity contribution in [2.24, 2.45) is 11.8 Å². The van der Waals surface area contributed by atoms with Gasteiger partial charge < -0.3 is 5.32 Å². The fourth-order valence-corrected chi connectivity index (χ4v) is 4.02. The Morgan fingerprint density at radius 2 is 2.22 bits per heavy atom. The van der Waals surface area contributed by atoms with Crippen LogP contribution < -0.4 is 5.32 Å². The van der Waals surface area contributed by atoms with Crippen molar-refractivity contribution in [1.82, 2.24) is 5.32 Å². The second-order valence-electron chi connectivity index (χ2n) is 6.05. The van der Waals surface area contributed by atoms with Crippen LogP contribution in [0, 0.1) is 18.8 Å². The molecule has 1 nitrogen and oxygen atoms in total. The molecule has 1 fully saturated rings. The van der Waals surface area contributed by atoms with Crippen molar-refractivity contribution in [3.05, 3.63) is 21.9 Å². The highest BCUT2D eigenvalue weighted by Gasteiger charge is 2.18. The first-order valence-corrected chi connectivity index (χ1v) is 8.26. The van der Waals surface area contributed by atoms with Gasteiger partial charge in [0.2, 0.25) is 0 Å². The van der Waals surface area contributed by atoms with Crippen LogP contribution in [-0.2, 0) is 0 Å². The molecule has 102 valence electrons. The Morgan fingerprint density at radius 3 is 2.89 bits per heavy atom. The fraction of sp³-hybridized carbons (Fsp3) is 0.750. The van der Waals surface area contributed by atoms with Gasteiger partial charge in [-0.2, -0.15) is 0 Å². The molecule has 18 heavy (non-hydrogen) atoms. The van der Waals surface area contributed by atoms with E-state index in [9.17, 15) is 0 Å². The maximum atomic E-state index is 3.68. The van der Waals surface area contributed by atoms with E-state index in [-0.39, 0.29) is 0 Å². The lowest BCUT2D eigenvalue weighted by molar-refractivity contribution is 0.266. The summed E-state index contributed by atoms with van der Waals surface area (Å²) in [4.78, 5) is 2.89. The van der Waals surface area contributed by atoms with Crippen molar-refractivity contribution in [2.45, 2.75) is 58.9 Å². The second-order valence-corrected chi connectivity index (χ2v) is 7.37. The van der Waals surface area contributed by atoms with Crippen LogP contribution in [0.25, 0.3) is 0 Å². The zero-order valence-electron chi connectivity index (χ0n) is 12.0. The van der Waals surface area contributed by atoms with Crippen LogP contribution in [0.4, 0.5) is 0 Å². The van der Waals surface area contributed by atoms with Crippen molar-refractivity contribution < 1.29 is 0 Å². The summed E-state index contributed by atoms with van der Waals surface area (Å²) < 4.78 is 0. The minimum Gasteiger partial charge on any atom is -0.309 e. The van der Waals surface area contributed by atoms with E-state index >= 15 is 0 Å². The molecule has 0 bridgehead atoms. The zero-order chi connectivity index (χ0) is 13.0. The molecule has 0 aromatic carbocycles. The van der Waals surface area contributed by atoms with E-state index in [1.54, 1.807) is 0 Å². The Morgan fingerprint density at radius 1 is 1.39 bits per heavy atom. The Labute approximate surface area is 116 Å². The number of nitrogens with one attached hydrogen (secondary N) is 1. The van der Waals surface area contributed by atoms with Crippen molar-refractivity contribution in [1.29, 1.82) is 0 Å². The summed E-state index contributed by atoms with van der Waals surface area (Å²) in [6.45, 7) is 8.06. The lowest BCUT2D eigenvalue weighted by Crippen LogP contribution is -2.23. The Kier molecular flexibility index (Phi) is 5.25.